The fraction of sp³-hybridized carbons (Fsp3) is 0.231. The van der Waals surface area contributed by atoms with Gasteiger partial charge in [-0.3, -0.25) is 9.47 Å². The van der Waals surface area contributed by atoms with Crippen LogP contribution in [0, 0.1) is 0 Å². The molecule has 1 N–H and O–H groups in total. The quantitative estimate of drug-likeness (QED) is 0.263. The first-order valence-corrected chi connectivity index (χ1v) is 13.2. The van der Waals surface area contributed by atoms with Crippen LogP contribution in [0.3, 0.4) is 0 Å². The lowest BCUT2D eigenvalue weighted by atomic mass is 10.0. The molecule has 0 aliphatic carbocycles. The van der Waals surface area contributed by atoms with Crippen molar-refractivity contribution in [3.63, 3.8) is 0 Å². The molecule has 0 bridgehead atoms. The molecule has 0 atom stereocenters. The van der Waals surface area contributed by atoms with E-state index in [0.717, 1.165) is 10.4 Å². The highest BCUT2D eigenvalue weighted by Crippen LogP contribution is 2.39. The van der Waals surface area contributed by atoms with Crippen molar-refractivity contribution >= 4 is 57.5 Å². The molecule has 0 radical (unpaired) electrons. The number of alkyl halides is 3. The molecule has 0 fully saturated rings. The number of rotatable bonds is 6. The average Bonchev–Trinajstić information content (AvgIpc) is 3.44. The van der Waals surface area contributed by atoms with Crippen LogP contribution in [0.25, 0.3) is 17.0 Å². The van der Waals surface area contributed by atoms with Gasteiger partial charge in [0.1, 0.15) is 5.75 Å². The second-order valence-electron chi connectivity index (χ2n) is 8.64. The number of fused-ring (bicyclic) bond motifs is 3. The Balaban J connectivity index is 1.45. The largest absolute Gasteiger partial charge is 0.573 e. The number of carbonyl (C=O) groups excluding carboxylic acids is 1. The maximum Gasteiger partial charge on any atom is 0.573 e. The molecule has 0 spiro atoms. The van der Waals surface area contributed by atoms with Gasteiger partial charge in [-0.25, -0.2) is 9.78 Å². The number of nitrogens with zero attached hydrogens (tertiary/aromatic N) is 3. The lowest BCUT2D eigenvalue weighted by molar-refractivity contribution is -0.274. The number of amides is 1. The molecule has 2 aromatic heterocycles. The second-order valence-corrected chi connectivity index (χ2v) is 10.8. The number of benzene rings is 2. The van der Waals surface area contributed by atoms with Gasteiger partial charge in [0, 0.05) is 53.2 Å². The molecule has 38 heavy (non-hydrogen) atoms. The van der Waals surface area contributed by atoms with Gasteiger partial charge >= 0.3 is 12.4 Å². The Kier molecular flexibility index (Phi) is 7.67. The van der Waals surface area contributed by atoms with Crippen LogP contribution in [0.5, 0.6) is 5.75 Å². The van der Waals surface area contributed by atoms with Crippen LogP contribution >= 0.6 is 34.5 Å². The number of halogens is 5. The van der Waals surface area contributed by atoms with Crippen LogP contribution in [0.15, 0.2) is 54.7 Å². The van der Waals surface area contributed by atoms with Gasteiger partial charge in [-0.1, -0.05) is 53.6 Å². The Morgan fingerprint density at radius 2 is 1.97 bits per heavy atom. The molecule has 5 rings (SSSR count). The minimum absolute atomic E-state index is 0.192. The van der Waals surface area contributed by atoms with Crippen molar-refractivity contribution < 1.29 is 22.7 Å². The molecule has 0 saturated carbocycles. The summed E-state index contributed by atoms with van der Waals surface area (Å²) >= 11 is 13.1. The van der Waals surface area contributed by atoms with Gasteiger partial charge in [0.05, 0.1) is 12.1 Å². The zero-order chi connectivity index (χ0) is 26.9. The third-order valence-corrected chi connectivity index (χ3v) is 7.49. The predicted octanol–water partition coefficient (Wildman–Crippen LogP) is 7.13. The molecular formula is C26H21Cl2F3N4O2S. The standard InChI is InChI=1S/C26H21Cl2F3N4O2S/c27-17-8-6-16(7-9-17)3-2-11-34-12-10-20-19(15-34)23-21(4-1-5-22(23)37-26(29,30)31)35(20)25(36)33-14-18-13-32-24(28)38-18/h1-9,13H,10-12,14-15H2,(H,33,36)/b3-2+. The summed E-state index contributed by atoms with van der Waals surface area (Å²) in [6.45, 7) is 1.76. The van der Waals surface area contributed by atoms with Crippen LogP contribution < -0.4 is 10.1 Å². The van der Waals surface area contributed by atoms with Gasteiger partial charge in [-0.05, 0) is 35.4 Å². The van der Waals surface area contributed by atoms with Crippen LogP contribution in [-0.2, 0) is 19.5 Å². The van der Waals surface area contributed by atoms with E-state index in [9.17, 15) is 18.0 Å². The normalized spacial score (nSPS) is 14.2. The smallest absolute Gasteiger partial charge is 0.405 e. The monoisotopic (exact) mass is 580 g/mol. The van der Waals surface area contributed by atoms with E-state index >= 15 is 0 Å². The van der Waals surface area contributed by atoms with Crippen LogP contribution in [0.1, 0.15) is 21.7 Å². The van der Waals surface area contributed by atoms with Crippen LogP contribution in [0.4, 0.5) is 18.0 Å². The van der Waals surface area contributed by atoms with Gasteiger partial charge < -0.3 is 10.1 Å². The topological polar surface area (TPSA) is 59.4 Å². The van der Waals surface area contributed by atoms with E-state index in [1.54, 1.807) is 24.4 Å². The minimum Gasteiger partial charge on any atom is -0.405 e. The molecule has 4 aromatic rings. The molecule has 0 unspecified atom stereocenters. The maximum atomic E-state index is 13.3. The van der Waals surface area contributed by atoms with E-state index in [-0.39, 0.29) is 17.7 Å². The Morgan fingerprint density at radius 1 is 1.18 bits per heavy atom. The summed E-state index contributed by atoms with van der Waals surface area (Å²) in [5, 5.41) is 3.76. The lowest BCUT2D eigenvalue weighted by Gasteiger charge is -2.27. The van der Waals surface area contributed by atoms with Crippen molar-refractivity contribution in [2.45, 2.75) is 25.9 Å². The molecule has 1 amide bonds. The van der Waals surface area contributed by atoms with Crippen molar-refractivity contribution in [3.8, 4) is 5.75 Å². The fourth-order valence-corrected chi connectivity index (χ4v) is 5.59. The van der Waals surface area contributed by atoms with E-state index in [2.05, 4.69) is 19.9 Å². The van der Waals surface area contributed by atoms with Gasteiger partial charge in [-0.15, -0.1) is 24.5 Å². The number of nitrogens with one attached hydrogen (secondary N) is 1. The van der Waals surface area contributed by atoms with Gasteiger partial charge in [-0.2, -0.15) is 0 Å². The van der Waals surface area contributed by atoms with Gasteiger partial charge in [0.25, 0.3) is 0 Å². The summed E-state index contributed by atoms with van der Waals surface area (Å²) < 4.78 is 46.0. The van der Waals surface area contributed by atoms with Crippen molar-refractivity contribution in [3.05, 3.63) is 85.9 Å². The number of hydrogen-bond acceptors (Lipinski definition) is 5. The number of thiazole rings is 1. The number of hydrogen-bond donors (Lipinski definition) is 1. The van der Waals surface area contributed by atoms with E-state index in [4.69, 9.17) is 23.2 Å². The molecule has 3 heterocycles. The highest BCUT2D eigenvalue weighted by Gasteiger charge is 2.34. The van der Waals surface area contributed by atoms with Crippen molar-refractivity contribution in [2.75, 3.05) is 13.1 Å². The molecular weight excluding hydrogens is 560 g/mol. The van der Waals surface area contributed by atoms with E-state index < -0.39 is 12.4 Å². The summed E-state index contributed by atoms with van der Waals surface area (Å²) in [5.74, 6) is -0.328. The second kappa shape index (κ2) is 11.0. The maximum absolute atomic E-state index is 13.3. The van der Waals surface area contributed by atoms with Crippen LogP contribution in [0.2, 0.25) is 9.49 Å². The molecule has 12 heteroatoms. The van der Waals surface area contributed by atoms with Crippen molar-refractivity contribution in [1.29, 1.82) is 0 Å². The third-order valence-electron chi connectivity index (χ3n) is 6.12. The minimum atomic E-state index is -4.87. The Hall–Kier alpha value is -3.05. The Bertz CT molecular complexity index is 1500. The van der Waals surface area contributed by atoms with E-state index in [0.29, 0.717) is 52.3 Å². The van der Waals surface area contributed by atoms with Crippen molar-refractivity contribution in [1.82, 2.24) is 19.8 Å². The van der Waals surface area contributed by atoms with Gasteiger partial charge in [0.2, 0.25) is 0 Å². The summed E-state index contributed by atoms with van der Waals surface area (Å²) in [4.78, 5) is 20.1. The Labute approximate surface area is 230 Å². The summed E-state index contributed by atoms with van der Waals surface area (Å²) in [6, 6.07) is 11.3. The molecule has 0 saturated heterocycles. The zero-order valence-corrected chi connectivity index (χ0v) is 22.1. The summed E-state index contributed by atoms with van der Waals surface area (Å²) in [7, 11) is 0. The van der Waals surface area contributed by atoms with Gasteiger partial charge in [0.15, 0.2) is 4.47 Å². The highest BCUT2D eigenvalue weighted by atomic mass is 35.5. The predicted molar refractivity (Wildman–Crippen MR) is 143 cm³/mol. The number of aromatic nitrogens is 2. The van der Waals surface area contributed by atoms with E-state index in [1.807, 2.05) is 24.3 Å². The average molecular weight is 581 g/mol. The highest BCUT2D eigenvalue weighted by molar-refractivity contribution is 7.15. The third kappa shape index (κ3) is 5.99. The number of carbonyl (C=O) groups is 1. The fourth-order valence-electron chi connectivity index (χ4n) is 4.55. The molecule has 6 nitrogen and oxygen atoms in total. The Morgan fingerprint density at radius 3 is 2.68 bits per heavy atom. The zero-order valence-electron chi connectivity index (χ0n) is 19.8. The van der Waals surface area contributed by atoms with Crippen molar-refractivity contribution in [2.24, 2.45) is 0 Å². The number of ether oxygens (including phenoxy) is 1. The SMILES string of the molecule is O=C(NCc1cnc(Cl)s1)n1c2c(c3c(OC(F)(F)F)cccc31)CN(C/C=C/c1ccc(Cl)cc1)CC2. The summed E-state index contributed by atoms with van der Waals surface area (Å²) in [6.07, 6.45) is 1.14. The molecule has 1 aliphatic heterocycles. The first kappa shape index (κ1) is 26.6. The van der Waals surface area contributed by atoms with E-state index in [1.165, 1.54) is 28.0 Å². The molecule has 198 valence electrons. The van der Waals surface area contributed by atoms with Crippen LogP contribution in [-0.4, -0.2) is 39.9 Å². The first-order chi connectivity index (χ1) is 18.2. The molecule has 2 aromatic carbocycles. The first-order valence-electron chi connectivity index (χ1n) is 11.6. The summed E-state index contributed by atoms with van der Waals surface area (Å²) in [5.41, 5.74) is 2.65. The lowest BCUT2D eigenvalue weighted by Crippen LogP contribution is -2.34. The molecule has 1 aliphatic rings.